The number of likely N-dealkylation sites (tertiary alicyclic amines) is 2. The summed E-state index contributed by atoms with van der Waals surface area (Å²) >= 11 is 0. The molecule has 252 valence electrons. The predicted molar refractivity (Wildman–Crippen MR) is 177 cm³/mol. The first-order chi connectivity index (χ1) is 21.8. The highest BCUT2D eigenvalue weighted by Crippen LogP contribution is 2.64. The SMILES string of the molecule is C.C.COc1ccc2c3c1O[C@H]1C(=O)CC[C@H]4[C@@H](C2)N(C)CC[C@]314.COc1ccc2c3c1O[C@H]1C(=O)CC[C@H]4[C@@H](C2=O)N(C)CC[C@]314. The Morgan fingerprint density at radius 3 is 1.94 bits per heavy atom. The van der Waals surface area contributed by atoms with Crippen LogP contribution in [0.25, 0.3) is 0 Å². The Morgan fingerprint density at radius 1 is 0.745 bits per heavy atom. The molecule has 9 nitrogen and oxygen atoms in total. The number of carbonyl (C=O) groups is 3. The number of hydrogen-bond acceptors (Lipinski definition) is 9. The Kier molecular flexibility index (Phi) is 7.38. The smallest absolute Gasteiger partial charge is 0.180 e. The van der Waals surface area contributed by atoms with Gasteiger partial charge in [0.05, 0.1) is 20.3 Å². The lowest BCUT2D eigenvalue weighted by molar-refractivity contribution is -0.138. The van der Waals surface area contributed by atoms with Crippen molar-refractivity contribution in [3.63, 3.8) is 0 Å². The number of ketones is 3. The van der Waals surface area contributed by atoms with Crippen molar-refractivity contribution < 1.29 is 33.3 Å². The van der Waals surface area contributed by atoms with E-state index in [-0.39, 0.29) is 61.1 Å². The van der Waals surface area contributed by atoms with Gasteiger partial charge >= 0.3 is 0 Å². The molecule has 0 unspecified atom stereocenters. The molecule has 4 heterocycles. The Bertz CT molecular complexity index is 1690. The van der Waals surface area contributed by atoms with Crippen molar-refractivity contribution in [2.75, 3.05) is 41.4 Å². The first-order valence-corrected chi connectivity index (χ1v) is 16.5. The molecule has 2 spiro atoms. The minimum absolute atomic E-state index is 0. The average molecular weight is 645 g/mol. The molecule has 0 amide bonds. The zero-order chi connectivity index (χ0) is 31.0. The van der Waals surface area contributed by atoms with Crippen molar-refractivity contribution in [1.29, 1.82) is 0 Å². The second-order valence-corrected chi connectivity index (χ2v) is 14.5. The van der Waals surface area contributed by atoms with Crippen LogP contribution < -0.4 is 18.9 Å². The van der Waals surface area contributed by atoms with Crippen molar-refractivity contribution in [2.24, 2.45) is 11.8 Å². The molecule has 0 radical (unpaired) electrons. The fraction of sp³-hybridized carbons (Fsp3) is 0.605. The molecule has 8 aliphatic rings. The molecule has 2 aromatic rings. The molecule has 8 atom stereocenters. The van der Waals surface area contributed by atoms with Crippen molar-refractivity contribution >= 4 is 17.3 Å². The van der Waals surface area contributed by atoms with Gasteiger partial charge < -0.3 is 23.8 Å². The maximum absolute atomic E-state index is 13.1. The van der Waals surface area contributed by atoms with Crippen LogP contribution in [0.15, 0.2) is 24.3 Å². The van der Waals surface area contributed by atoms with Gasteiger partial charge in [0.2, 0.25) is 0 Å². The monoisotopic (exact) mass is 644 g/mol. The van der Waals surface area contributed by atoms with E-state index in [9.17, 15) is 14.4 Å². The lowest BCUT2D eigenvalue weighted by Gasteiger charge is -2.57. The van der Waals surface area contributed by atoms with Gasteiger partial charge in [0.1, 0.15) is 0 Å². The summed E-state index contributed by atoms with van der Waals surface area (Å²) in [6.07, 6.45) is 5.16. The molecule has 4 aliphatic carbocycles. The highest BCUT2D eigenvalue weighted by atomic mass is 16.5. The van der Waals surface area contributed by atoms with E-state index >= 15 is 0 Å². The third kappa shape index (κ3) is 3.76. The minimum Gasteiger partial charge on any atom is -0.493 e. The molecule has 2 saturated carbocycles. The Labute approximate surface area is 277 Å². The molecule has 10 rings (SSSR count). The molecule has 47 heavy (non-hydrogen) atoms. The number of piperidine rings is 2. The highest BCUT2D eigenvalue weighted by Gasteiger charge is 2.68. The molecule has 0 N–H and O–H groups in total. The van der Waals surface area contributed by atoms with Crippen molar-refractivity contribution in [1.82, 2.24) is 9.80 Å². The van der Waals surface area contributed by atoms with Crippen molar-refractivity contribution in [3.8, 4) is 23.0 Å². The van der Waals surface area contributed by atoms with Gasteiger partial charge in [0.15, 0.2) is 52.6 Å². The third-order valence-electron chi connectivity index (χ3n) is 13.0. The van der Waals surface area contributed by atoms with Gasteiger partial charge in [-0.1, -0.05) is 20.9 Å². The summed E-state index contributed by atoms with van der Waals surface area (Å²) in [5.41, 5.74) is 3.92. The van der Waals surface area contributed by atoms with Crippen molar-refractivity contribution in [2.45, 2.75) is 94.9 Å². The molecule has 4 fully saturated rings. The van der Waals surface area contributed by atoms with E-state index in [0.717, 1.165) is 67.8 Å². The summed E-state index contributed by atoms with van der Waals surface area (Å²) in [6.45, 7) is 1.86. The van der Waals surface area contributed by atoms with Gasteiger partial charge in [-0.15, -0.1) is 0 Å². The Balaban J connectivity index is 0.000000143. The Morgan fingerprint density at radius 2 is 1.30 bits per heavy atom. The number of methoxy groups -OCH3 is 2. The van der Waals surface area contributed by atoms with Gasteiger partial charge in [0, 0.05) is 46.4 Å². The van der Waals surface area contributed by atoms with E-state index in [1.165, 1.54) is 11.1 Å². The summed E-state index contributed by atoms with van der Waals surface area (Å²) in [5, 5.41) is 0. The van der Waals surface area contributed by atoms with Gasteiger partial charge in [-0.2, -0.15) is 0 Å². The molecule has 2 saturated heterocycles. The average Bonchev–Trinajstić information content (AvgIpc) is 3.58. The molecule has 4 aliphatic heterocycles. The fourth-order valence-corrected chi connectivity index (χ4v) is 11.2. The summed E-state index contributed by atoms with van der Waals surface area (Å²) in [6, 6.07) is 8.25. The second-order valence-electron chi connectivity index (χ2n) is 14.5. The quantitative estimate of drug-likeness (QED) is 0.458. The van der Waals surface area contributed by atoms with Gasteiger partial charge in [-0.05, 0) is 94.9 Å². The van der Waals surface area contributed by atoms with E-state index < -0.39 is 6.10 Å². The summed E-state index contributed by atoms with van der Waals surface area (Å²) in [7, 11) is 7.53. The lowest BCUT2D eigenvalue weighted by atomic mass is 9.51. The van der Waals surface area contributed by atoms with Crippen LogP contribution in [0, 0.1) is 11.8 Å². The number of hydrogen-bond donors (Lipinski definition) is 0. The van der Waals surface area contributed by atoms with Gasteiger partial charge in [-0.25, -0.2) is 0 Å². The minimum atomic E-state index is -0.449. The standard InChI is InChI=1S/C18H19NO4.C18H21NO3.2CH4/c1-19-8-7-18-10-4-5-11(20)17(18)23-16-12(22-2)6-3-9(13(16)18)15(21)14(10)19;1-19-8-7-18-11-4-5-13(20)17(18)22-16-14(21-2)6-3-10(15(16)18)9-12(11)19;;/h3,6,10,14,17H,4-5,7-8H2,1-2H3;3,6,11-12,17H,4-5,7-9H2,1-2H3;2*1H4/t10-,14-,17-,18-;11-,12+,17-,18-;;/m00../s1. The van der Waals surface area contributed by atoms with E-state index in [2.05, 4.69) is 22.9 Å². The van der Waals surface area contributed by atoms with Crippen LogP contribution in [0.4, 0.5) is 0 Å². The lowest BCUT2D eigenvalue weighted by Crippen LogP contribution is -2.67. The molecule has 2 aromatic carbocycles. The number of benzene rings is 2. The van der Waals surface area contributed by atoms with Crippen molar-refractivity contribution in [3.05, 3.63) is 46.5 Å². The first-order valence-electron chi connectivity index (χ1n) is 16.5. The molecule has 0 aromatic heterocycles. The summed E-state index contributed by atoms with van der Waals surface area (Å²) in [5.74, 6) is 4.22. The van der Waals surface area contributed by atoms with Crippen LogP contribution in [0.2, 0.25) is 0 Å². The van der Waals surface area contributed by atoms with Crippen LogP contribution in [-0.2, 0) is 26.8 Å². The molecular weight excluding hydrogens is 596 g/mol. The van der Waals surface area contributed by atoms with E-state index in [0.29, 0.717) is 36.3 Å². The van der Waals surface area contributed by atoms with Gasteiger partial charge in [-0.3, -0.25) is 19.3 Å². The van der Waals surface area contributed by atoms with E-state index in [1.807, 2.05) is 19.2 Å². The highest BCUT2D eigenvalue weighted by molar-refractivity contribution is 6.06. The van der Waals surface area contributed by atoms with Crippen LogP contribution in [0.5, 0.6) is 23.0 Å². The van der Waals surface area contributed by atoms with E-state index in [1.54, 1.807) is 20.3 Å². The van der Waals surface area contributed by atoms with E-state index in [4.69, 9.17) is 18.9 Å². The number of carbonyl (C=O) groups excluding carboxylic acids is 3. The largest absolute Gasteiger partial charge is 0.493 e. The number of likely N-dealkylation sites (N-methyl/N-ethyl adjacent to an activating group) is 2. The maximum atomic E-state index is 13.1. The fourth-order valence-electron chi connectivity index (χ4n) is 11.2. The predicted octanol–water partition coefficient (Wildman–Crippen LogP) is 4.78. The molecular formula is C38H48N2O7. The Hall–Kier alpha value is -3.43. The number of rotatable bonds is 2. The maximum Gasteiger partial charge on any atom is 0.180 e. The third-order valence-corrected chi connectivity index (χ3v) is 13.0. The van der Waals surface area contributed by atoms with Crippen LogP contribution in [0.3, 0.4) is 0 Å². The number of ether oxygens (including phenoxy) is 4. The molecule has 9 heteroatoms. The van der Waals surface area contributed by atoms with Crippen LogP contribution in [0.1, 0.15) is 80.4 Å². The van der Waals surface area contributed by atoms with Crippen LogP contribution >= 0.6 is 0 Å². The molecule has 4 bridgehead atoms. The zero-order valence-corrected chi connectivity index (χ0v) is 26.4. The first kappa shape index (κ1) is 32.1. The topological polar surface area (TPSA) is 94.6 Å². The second kappa shape index (κ2) is 10.8. The summed E-state index contributed by atoms with van der Waals surface area (Å²) < 4.78 is 23.4. The number of nitrogens with zero attached hydrogens (tertiary/aromatic N) is 2. The normalized spacial score (nSPS) is 36.3. The summed E-state index contributed by atoms with van der Waals surface area (Å²) in [4.78, 5) is 43.0. The van der Waals surface area contributed by atoms with Crippen LogP contribution in [-0.4, -0.2) is 92.8 Å². The number of Topliss-reactive ketones (excluding diaryl/α,β-unsaturated/α-hetero) is 3. The van der Waals surface area contributed by atoms with Gasteiger partial charge in [0.25, 0.3) is 0 Å². The zero-order valence-electron chi connectivity index (χ0n) is 26.4.